The summed E-state index contributed by atoms with van der Waals surface area (Å²) in [6.45, 7) is 9.09. The lowest BCUT2D eigenvalue weighted by Crippen LogP contribution is -2.73. The number of ether oxygens (including phenoxy) is 2. The Balaban J connectivity index is 1.79. The van der Waals surface area contributed by atoms with E-state index in [1.165, 1.54) is 31.2 Å². The zero-order valence-corrected chi connectivity index (χ0v) is 22.5. The lowest BCUT2D eigenvalue weighted by molar-refractivity contribution is -0.191. The first-order chi connectivity index (χ1) is 18.1. The second-order valence-corrected chi connectivity index (χ2v) is 9.62. The maximum absolute atomic E-state index is 13.4. The van der Waals surface area contributed by atoms with E-state index in [-0.39, 0.29) is 17.5 Å². The molecule has 204 valence electrons. The van der Waals surface area contributed by atoms with Gasteiger partial charge in [-0.2, -0.15) is 0 Å². The highest BCUT2D eigenvalue weighted by atomic mass is 16.6. The fraction of sp³-hybridized carbons (Fsp3) is 0.448. The molecule has 9 nitrogen and oxygen atoms in total. The zero-order chi connectivity index (χ0) is 28.0. The van der Waals surface area contributed by atoms with Gasteiger partial charge in [0.1, 0.15) is 11.2 Å². The SMILES string of the molecule is CCCC(NC(=O)N1C(=O)C(CC)(CC)[C@@H]1Oc1ccc(C(=O)O[C@@H](C)C(=O)O)cc1)c1ccc(C)cc1. The average molecular weight is 525 g/mol. The Hall–Kier alpha value is -3.88. The smallest absolute Gasteiger partial charge is 0.344 e. The number of benzene rings is 2. The van der Waals surface area contributed by atoms with Gasteiger partial charge in [0.05, 0.1) is 11.6 Å². The van der Waals surface area contributed by atoms with Crippen LogP contribution in [0.15, 0.2) is 48.5 Å². The van der Waals surface area contributed by atoms with Gasteiger partial charge in [-0.15, -0.1) is 0 Å². The number of urea groups is 1. The molecule has 0 aliphatic carbocycles. The number of esters is 1. The van der Waals surface area contributed by atoms with Crippen molar-refractivity contribution in [3.05, 3.63) is 65.2 Å². The Morgan fingerprint density at radius 3 is 2.16 bits per heavy atom. The Bertz CT molecular complexity index is 1160. The molecule has 0 bridgehead atoms. The molecule has 3 amide bonds. The van der Waals surface area contributed by atoms with E-state index in [4.69, 9.17) is 14.6 Å². The van der Waals surface area contributed by atoms with Crippen molar-refractivity contribution in [2.45, 2.75) is 78.7 Å². The molecule has 0 radical (unpaired) electrons. The molecule has 1 unspecified atom stereocenters. The van der Waals surface area contributed by atoms with E-state index in [0.29, 0.717) is 25.0 Å². The van der Waals surface area contributed by atoms with Crippen molar-refractivity contribution in [1.29, 1.82) is 0 Å². The minimum Gasteiger partial charge on any atom is -0.479 e. The minimum atomic E-state index is -1.28. The maximum atomic E-state index is 13.4. The van der Waals surface area contributed by atoms with Crippen molar-refractivity contribution in [2.75, 3.05) is 0 Å². The second kappa shape index (κ2) is 12.1. The molecule has 1 saturated heterocycles. The number of likely N-dealkylation sites (tertiary alicyclic amines) is 1. The van der Waals surface area contributed by atoms with E-state index in [1.807, 2.05) is 52.0 Å². The van der Waals surface area contributed by atoms with Gasteiger partial charge in [-0.25, -0.2) is 19.3 Å². The van der Waals surface area contributed by atoms with Crippen LogP contribution in [0.25, 0.3) is 0 Å². The number of carbonyl (C=O) groups excluding carboxylic acids is 3. The molecule has 2 aromatic carbocycles. The Labute approximate surface area is 223 Å². The number of hydrogen-bond acceptors (Lipinski definition) is 6. The molecule has 3 atom stereocenters. The van der Waals surface area contributed by atoms with E-state index in [9.17, 15) is 19.2 Å². The summed E-state index contributed by atoms with van der Waals surface area (Å²) in [6, 6.07) is 13.1. The van der Waals surface area contributed by atoms with E-state index in [2.05, 4.69) is 5.32 Å². The van der Waals surface area contributed by atoms with E-state index < -0.39 is 35.7 Å². The number of carboxylic acids is 1. The van der Waals surface area contributed by atoms with Crippen LogP contribution in [0.4, 0.5) is 4.79 Å². The van der Waals surface area contributed by atoms with E-state index >= 15 is 0 Å². The van der Waals surface area contributed by atoms with Crippen LogP contribution >= 0.6 is 0 Å². The summed E-state index contributed by atoms with van der Waals surface area (Å²) < 4.78 is 11.1. The molecular weight excluding hydrogens is 488 g/mol. The third-order valence-electron chi connectivity index (χ3n) is 7.16. The van der Waals surface area contributed by atoms with Gasteiger partial charge in [-0.05, 0) is 62.9 Å². The van der Waals surface area contributed by atoms with Gasteiger partial charge in [-0.1, -0.05) is 57.0 Å². The molecule has 3 rings (SSSR count). The highest BCUT2D eigenvalue weighted by Crippen LogP contribution is 2.46. The van der Waals surface area contributed by atoms with Gasteiger partial charge in [-0.3, -0.25) is 4.79 Å². The standard InChI is InChI=1S/C29H36N2O7/c1-6-9-23(20-12-10-18(4)11-13-20)30-28(36)31-26(35)29(7-2,8-3)27(31)38-22-16-14-21(15-17-22)25(34)37-19(5)24(32)33/h10-17,19,23,27H,6-9H2,1-5H3,(H,30,36)(H,32,33)/t19-,23?,27-/m0/s1. The summed E-state index contributed by atoms with van der Waals surface area (Å²) in [6.07, 6.45) is 0.441. The molecule has 2 N–H and O–H groups in total. The van der Waals surface area contributed by atoms with Crippen molar-refractivity contribution >= 4 is 23.9 Å². The number of imide groups is 1. The first-order valence-corrected chi connectivity index (χ1v) is 13.0. The number of amides is 3. The first kappa shape index (κ1) is 28.7. The zero-order valence-electron chi connectivity index (χ0n) is 22.5. The number of aliphatic carboxylic acids is 1. The second-order valence-electron chi connectivity index (χ2n) is 9.62. The van der Waals surface area contributed by atoms with Gasteiger partial charge in [0.15, 0.2) is 12.3 Å². The molecule has 9 heteroatoms. The summed E-state index contributed by atoms with van der Waals surface area (Å²) in [4.78, 5) is 51.0. The topological polar surface area (TPSA) is 122 Å². The lowest BCUT2D eigenvalue weighted by atomic mass is 9.72. The van der Waals surface area contributed by atoms with Gasteiger partial charge in [0, 0.05) is 0 Å². The normalized spacial score (nSPS) is 17.7. The van der Waals surface area contributed by atoms with Crippen LogP contribution in [-0.2, 0) is 14.3 Å². The maximum Gasteiger partial charge on any atom is 0.344 e. The molecule has 38 heavy (non-hydrogen) atoms. The summed E-state index contributed by atoms with van der Waals surface area (Å²) in [5.74, 6) is -1.95. The Kier molecular flexibility index (Phi) is 9.14. The van der Waals surface area contributed by atoms with Crippen molar-refractivity contribution < 1.29 is 33.8 Å². The van der Waals surface area contributed by atoms with Crippen LogP contribution in [0.3, 0.4) is 0 Å². The fourth-order valence-corrected chi connectivity index (χ4v) is 4.60. The molecule has 1 aliphatic rings. The molecule has 1 aliphatic heterocycles. The van der Waals surface area contributed by atoms with Crippen LogP contribution in [-0.4, -0.2) is 46.2 Å². The lowest BCUT2D eigenvalue weighted by Gasteiger charge is -2.53. The molecule has 0 saturated carbocycles. The number of carbonyl (C=O) groups is 4. The monoisotopic (exact) mass is 524 g/mol. The Morgan fingerprint density at radius 2 is 1.63 bits per heavy atom. The number of nitrogens with zero attached hydrogens (tertiary/aromatic N) is 1. The molecule has 0 spiro atoms. The van der Waals surface area contributed by atoms with Crippen LogP contribution in [0.2, 0.25) is 0 Å². The summed E-state index contributed by atoms with van der Waals surface area (Å²) in [5.41, 5.74) is 1.39. The molecule has 1 heterocycles. The van der Waals surface area contributed by atoms with Crippen LogP contribution in [0.1, 0.15) is 80.9 Å². The predicted molar refractivity (Wildman–Crippen MR) is 141 cm³/mol. The molecule has 0 aromatic heterocycles. The highest BCUT2D eigenvalue weighted by Gasteiger charge is 2.63. The molecule has 2 aromatic rings. The number of nitrogens with one attached hydrogen (secondary N) is 1. The quantitative estimate of drug-likeness (QED) is 0.305. The van der Waals surface area contributed by atoms with Crippen molar-refractivity contribution in [3.63, 3.8) is 0 Å². The third-order valence-corrected chi connectivity index (χ3v) is 7.16. The highest BCUT2D eigenvalue weighted by molar-refractivity contribution is 6.03. The minimum absolute atomic E-state index is 0.155. The van der Waals surface area contributed by atoms with Gasteiger partial charge >= 0.3 is 18.0 Å². The average Bonchev–Trinajstić information content (AvgIpc) is 2.89. The largest absolute Gasteiger partial charge is 0.479 e. The van der Waals surface area contributed by atoms with Crippen molar-refractivity contribution in [2.24, 2.45) is 5.41 Å². The summed E-state index contributed by atoms with van der Waals surface area (Å²) >= 11 is 0. The number of hydrogen-bond donors (Lipinski definition) is 2. The van der Waals surface area contributed by atoms with E-state index in [1.54, 1.807) is 0 Å². The van der Waals surface area contributed by atoms with Gasteiger partial charge in [0.25, 0.3) is 0 Å². The predicted octanol–water partition coefficient (Wildman–Crippen LogP) is 5.23. The molecular formula is C29H36N2O7. The van der Waals surface area contributed by atoms with Gasteiger partial charge in [0.2, 0.25) is 5.91 Å². The summed E-state index contributed by atoms with van der Waals surface area (Å²) in [7, 11) is 0. The third kappa shape index (κ3) is 5.82. The number of rotatable bonds is 11. The fourth-order valence-electron chi connectivity index (χ4n) is 4.60. The first-order valence-electron chi connectivity index (χ1n) is 13.0. The Morgan fingerprint density at radius 1 is 1.03 bits per heavy atom. The number of β-lactam (4-membered cyclic amide) rings is 1. The molecule has 1 fully saturated rings. The number of aryl methyl sites for hydroxylation is 1. The van der Waals surface area contributed by atoms with Crippen molar-refractivity contribution in [1.82, 2.24) is 10.2 Å². The number of carboxylic acid groups (broad SMARTS) is 1. The van der Waals surface area contributed by atoms with Crippen LogP contribution in [0.5, 0.6) is 5.75 Å². The van der Waals surface area contributed by atoms with Gasteiger partial charge < -0.3 is 19.9 Å². The van der Waals surface area contributed by atoms with Crippen molar-refractivity contribution in [3.8, 4) is 5.75 Å². The summed E-state index contributed by atoms with van der Waals surface area (Å²) in [5, 5.41) is 12.0. The van der Waals surface area contributed by atoms with Crippen LogP contribution in [0, 0.1) is 12.3 Å². The van der Waals surface area contributed by atoms with Crippen LogP contribution < -0.4 is 10.1 Å². The van der Waals surface area contributed by atoms with E-state index in [0.717, 1.165) is 22.4 Å².